The highest BCUT2D eigenvalue weighted by molar-refractivity contribution is 6.04. The minimum Gasteiger partial charge on any atom is -0.480 e. The number of carbonyl (C=O) groups excluding carboxylic acids is 1. The molecule has 0 aromatic heterocycles. The Kier molecular flexibility index (Phi) is 1.47. The van der Waals surface area contributed by atoms with E-state index in [0.29, 0.717) is 6.42 Å². The van der Waals surface area contributed by atoms with Gasteiger partial charge in [0.05, 0.1) is 6.61 Å². The minimum absolute atomic E-state index is 0.217. The van der Waals surface area contributed by atoms with Crippen LogP contribution in [0.1, 0.15) is 26.2 Å². The maximum atomic E-state index is 11.4. The van der Waals surface area contributed by atoms with Gasteiger partial charge in [0.15, 0.2) is 5.41 Å². The molecule has 2 fully saturated rings. The summed E-state index contributed by atoms with van der Waals surface area (Å²) in [6.45, 7) is 1.94. The Hall–Kier alpha value is -1.06. The van der Waals surface area contributed by atoms with Crippen molar-refractivity contribution in [3.63, 3.8) is 0 Å². The normalized spacial score (nSPS) is 32.7. The van der Waals surface area contributed by atoms with E-state index in [2.05, 4.69) is 0 Å². The molecule has 0 aromatic carbocycles. The lowest BCUT2D eigenvalue weighted by molar-refractivity contribution is -0.162. The van der Waals surface area contributed by atoms with E-state index >= 15 is 0 Å². The monoisotopic (exact) mass is 184 g/mol. The average molecular weight is 184 g/mol. The van der Waals surface area contributed by atoms with Crippen LogP contribution in [0.3, 0.4) is 0 Å². The van der Waals surface area contributed by atoms with Gasteiger partial charge in [-0.05, 0) is 31.6 Å². The van der Waals surface area contributed by atoms with Crippen LogP contribution >= 0.6 is 0 Å². The van der Waals surface area contributed by atoms with Crippen LogP contribution in [0.5, 0.6) is 0 Å². The Balaban J connectivity index is 2.17. The van der Waals surface area contributed by atoms with Crippen LogP contribution in [0.15, 0.2) is 0 Å². The van der Waals surface area contributed by atoms with Crippen molar-refractivity contribution in [3.05, 3.63) is 0 Å². The Morgan fingerprint density at radius 3 is 2.38 bits per heavy atom. The molecule has 4 heteroatoms. The van der Waals surface area contributed by atoms with Gasteiger partial charge in [-0.15, -0.1) is 0 Å². The number of hydrogen-bond acceptors (Lipinski definition) is 3. The number of ether oxygens (including phenoxy) is 1. The molecular weight excluding hydrogens is 172 g/mol. The first-order valence-corrected chi connectivity index (χ1v) is 4.50. The highest BCUT2D eigenvalue weighted by atomic mass is 16.5. The van der Waals surface area contributed by atoms with Crippen molar-refractivity contribution in [1.29, 1.82) is 0 Å². The quantitative estimate of drug-likeness (QED) is 0.520. The summed E-state index contributed by atoms with van der Waals surface area (Å²) in [5, 5.41) is 8.98. The highest BCUT2D eigenvalue weighted by Gasteiger charge is 2.83. The van der Waals surface area contributed by atoms with Gasteiger partial charge < -0.3 is 9.84 Å². The van der Waals surface area contributed by atoms with Crippen molar-refractivity contribution in [3.8, 4) is 0 Å². The Bertz CT molecular complexity index is 279. The number of carbonyl (C=O) groups is 2. The van der Waals surface area contributed by atoms with Crippen LogP contribution in [-0.2, 0) is 14.3 Å². The van der Waals surface area contributed by atoms with Crippen LogP contribution in [0.25, 0.3) is 0 Å². The first kappa shape index (κ1) is 8.53. The first-order valence-electron chi connectivity index (χ1n) is 4.50. The molecular formula is C9H12O4. The summed E-state index contributed by atoms with van der Waals surface area (Å²) in [5.41, 5.74) is -1.39. The fourth-order valence-electron chi connectivity index (χ4n) is 2.15. The molecule has 72 valence electrons. The number of esters is 1. The van der Waals surface area contributed by atoms with E-state index in [0.717, 1.165) is 12.8 Å². The molecule has 2 aliphatic rings. The van der Waals surface area contributed by atoms with Crippen molar-refractivity contribution in [2.75, 3.05) is 6.61 Å². The minimum atomic E-state index is -1.18. The zero-order valence-electron chi connectivity index (χ0n) is 7.50. The van der Waals surface area contributed by atoms with Crippen LogP contribution in [0.4, 0.5) is 0 Å². The molecule has 0 radical (unpaired) electrons. The second-order valence-electron chi connectivity index (χ2n) is 3.89. The SMILES string of the molecule is CCOC(=O)C1(C(=O)O)CC12CC2. The smallest absolute Gasteiger partial charge is 0.324 e. The maximum Gasteiger partial charge on any atom is 0.324 e. The van der Waals surface area contributed by atoms with Gasteiger partial charge in [0.2, 0.25) is 0 Å². The van der Waals surface area contributed by atoms with E-state index in [-0.39, 0.29) is 12.0 Å². The number of carboxylic acid groups (broad SMARTS) is 1. The van der Waals surface area contributed by atoms with Gasteiger partial charge in [-0.2, -0.15) is 0 Å². The van der Waals surface area contributed by atoms with Gasteiger partial charge in [-0.3, -0.25) is 9.59 Å². The Labute approximate surface area is 75.9 Å². The summed E-state index contributed by atoms with van der Waals surface area (Å²) in [7, 11) is 0. The lowest BCUT2D eigenvalue weighted by atomic mass is 10.0. The van der Waals surface area contributed by atoms with Crippen molar-refractivity contribution in [2.45, 2.75) is 26.2 Å². The standard InChI is InChI=1S/C9H12O4/c1-2-13-7(12)9(6(10)11)5-8(9)3-4-8/h2-5H2,1H3,(H,10,11). The van der Waals surface area contributed by atoms with E-state index in [9.17, 15) is 9.59 Å². The summed E-state index contributed by atoms with van der Waals surface area (Å²) >= 11 is 0. The molecule has 1 spiro atoms. The van der Waals surface area contributed by atoms with Crippen molar-refractivity contribution < 1.29 is 19.4 Å². The van der Waals surface area contributed by atoms with Gasteiger partial charge in [0.1, 0.15) is 0 Å². The molecule has 1 unspecified atom stereocenters. The number of hydrogen-bond donors (Lipinski definition) is 1. The highest BCUT2D eigenvalue weighted by Crippen LogP contribution is 2.79. The van der Waals surface area contributed by atoms with E-state index in [1.165, 1.54) is 0 Å². The Morgan fingerprint density at radius 1 is 1.46 bits per heavy atom. The lowest BCUT2D eigenvalue weighted by Crippen LogP contribution is -2.30. The van der Waals surface area contributed by atoms with Crippen LogP contribution in [-0.4, -0.2) is 23.7 Å². The third-order valence-corrected chi connectivity index (χ3v) is 3.23. The molecule has 1 atom stereocenters. The van der Waals surface area contributed by atoms with Crippen LogP contribution in [0, 0.1) is 10.8 Å². The number of rotatable bonds is 3. The number of carboxylic acids is 1. The van der Waals surface area contributed by atoms with E-state index in [1.54, 1.807) is 6.92 Å². The fourth-order valence-corrected chi connectivity index (χ4v) is 2.15. The molecule has 2 saturated carbocycles. The van der Waals surface area contributed by atoms with Gasteiger partial charge in [-0.1, -0.05) is 0 Å². The van der Waals surface area contributed by atoms with Crippen molar-refractivity contribution in [2.24, 2.45) is 10.8 Å². The molecule has 13 heavy (non-hydrogen) atoms. The lowest BCUT2D eigenvalue weighted by Gasteiger charge is -2.09. The summed E-state index contributed by atoms with van der Waals surface area (Å²) < 4.78 is 4.79. The summed E-state index contributed by atoms with van der Waals surface area (Å²) in [5.74, 6) is -1.55. The molecule has 2 aliphatic carbocycles. The number of aliphatic carboxylic acids is 1. The van der Waals surface area contributed by atoms with Crippen molar-refractivity contribution in [1.82, 2.24) is 0 Å². The molecule has 1 N–H and O–H groups in total. The third-order valence-electron chi connectivity index (χ3n) is 3.23. The van der Waals surface area contributed by atoms with E-state index < -0.39 is 17.4 Å². The second-order valence-corrected chi connectivity index (χ2v) is 3.89. The summed E-state index contributed by atoms with van der Waals surface area (Å²) in [6.07, 6.45) is 2.20. The molecule has 0 bridgehead atoms. The van der Waals surface area contributed by atoms with E-state index in [1.807, 2.05) is 0 Å². The largest absolute Gasteiger partial charge is 0.480 e. The predicted octanol–water partition coefficient (Wildman–Crippen LogP) is 0.804. The van der Waals surface area contributed by atoms with Gasteiger partial charge >= 0.3 is 11.9 Å². The van der Waals surface area contributed by atoms with Gasteiger partial charge in [0.25, 0.3) is 0 Å². The molecule has 2 rings (SSSR count). The second kappa shape index (κ2) is 2.25. The van der Waals surface area contributed by atoms with E-state index in [4.69, 9.17) is 9.84 Å². The zero-order chi connectivity index (χ0) is 9.69. The predicted molar refractivity (Wildman–Crippen MR) is 43.0 cm³/mol. The molecule has 0 saturated heterocycles. The fraction of sp³-hybridized carbons (Fsp3) is 0.778. The van der Waals surface area contributed by atoms with Crippen molar-refractivity contribution >= 4 is 11.9 Å². The van der Waals surface area contributed by atoms with Gasteiger partial charge in [0, 0.05) is 0 Å². The van der Waals surface area contributed by atoms with Crippen LogP contribution < -0.4 is 0 Å². The molecule has 0 aliphatic heterocycles. The molecule has 4 nitrogen and oxygen atoms in total. The average Bonchev–Trinajstić information content (AvgIpc) is 2.92. The molecule has 0 aromatic rings. The van der Waals surface area contributed by atoms with Crippen LogP contribution in [0.2, 0.25) is 0 Å². The summed E-state index contributed by atoms with van der Waals surface area (Å²) in [6, 6.07) is 0. The zero-order valence-corrected chi connectivity index (χ0v) is 7.50. The maximum absolute atomic E-state index is 11.4. The first-order chi connectivity index (χ1) is 6.09. The molecule has 0 heterocycles. The summed E-state index contributed by atoms with van der Waals surface area (Å²) in [4.78, 5) is 22.4. The molecule has 0 amide bonds. The Morgan fingerprint density at radius 2 is 2.08 bits per heavy atom. The topological polar surface area (TPSA) is 63.6 Å². The van der Waals surface area contributed by atoms with Gasteiger partial charge in [-0.25, -0.2) is 0 Å². The third kappa shape index (κ3) is 0.857.